The molecular formula is C21H26N4O5S. The van der Waals surface area contributed by atoms with E-state index in [1.54, 1.807) is 32.0 Å². The molecule has 1 aliphatic heterocycles. The molecule has 1 fully saturated rings. The highest BCUT2D eigenvalue weighted by molar-refractivity contribution is 7.89. The Bertz CT molecular complexity index is 1070. The van der Waals surface area contributed by atoms with Crippen LogP contribution in [0.3, 0.4) is 0 Å². The summed E-state index contributed by atoms with van der Waals surface area (Å²) in [6.45, 7) is 7.21. The van der Waals surface area contributed by atoms with Gasteiger partial charge in [0.15, 0.2) is 5.76 Å². The fourth-order valence-electron chi connectivity index (χ4n) is 3.63. The van der Waals surface area contributed by atoms with Crippen LogP contribution in [0.5, 0.6) is 0 Å². The van der Waals surface area contributed by atoms with E-state index in [1.807, 2.05) is 6.07 Å². The Hall–Kier alpha value is -2.98. The molecule has 0 radical (unpaired) electrons. The van der Waals surface area contributed by atoms with E-state index in [0.717, 1.165) is 5.56 Å². The molecule has 1 aliphatic rings. The van der Waals surface area contributed by atoms with Crippen molar-refractivity contribution in [2.24, 2.45) is 0 Å². The van der Waals surface area contributed by atoms with Crippen LogP contribution in [-0.2, 0) is 26.0 Å². The van der Waals surface area contributed by atoms with Gasteiger partial charge in [-0.25, -0.2) is 8.42 Å². The summed E-state index contributed by atoms with van der Waals surface area (Å²) in [4.78, 5) is 24.0. The number of carbonyl (C=O) groups excluding carboxylic acids is 2. The third-order valence-corrected chi connectivity index (χ3v) is 7.27. The van der Waals surface area contributed by atoms with Crippen molar-refractivity contribution in [2.45, 2.75) is 44.0 Å². The molecule has 0 atom stereocenters. The molecule has 2 heterocycles. The Morgan fingerprint density at radius 3 is 2.61 bits per heavy atom. The van der Waals surface area contributed by atoms with Gasteiger partial charge in [-0.2, -0.15) is 4.31 Å². The zero-order valence-corrected chi connectivity index (χ0v) is 18.4. The van der Waals surface area contributed by atoms with Crippen molar-refractivity contribution < 1.29 is 22.5 Å². The van der Waals surface area contributed by atoms with Crippen LogP contribution in [0.15, 0.2) is 46.3 Å². The van der Waals surface area contributed by atoms with Crippen molar-refractivity contribution in [3.8, 4) is 0 Å². The lowest BCUT2D eigenvalue weighted by Gasteiger charge is -2.31. The molecule has 2 amide bonds. The van der Waals surface area contributed by atoms with Crippen molar-refractivity contribution in [3.05, 3.63) is 53.9 Å². The minimum absolute atomic E-state index is 0.104. The highest BCUT2D eigenvalue weighted by Crippen LogP contribution is 2.26. The number of hydrogen-bond acceptors (Lipinski definition) is 6. The van der Waals surface area contributed by atoms with E-state index in [2.05, 4.69) is 22.4 Å². The van der Waals surface area contributed by atoms with Gasteiger partial charge in [-0.05, 0) is 50.5 Å². The zero-order valence-electron chi connectivity index (χ0n) is 17.6. The molecule has 0 saturated carbocycles. The zero-order chi connectivity index (χ0) is 22.6. The molecule has 2 N–H and O–H groups in total. The number of anilines is 1. The van der Waals surface area contributed by atoms with E-state index in [0.29, 0.717) is 37.3 Å². The van der Waals surface area contributed by atoms with Gasteiger partial charge in [-0.3, -0.25) is 9.59 Å². The predicted octanol–water partition coefficient (Wildman–Crippen LogP) is 1.93. The minimum Gasteiger partial charge on any atom is -0.360 e. The maximum Gasteiger partial charge on any atom is 0.248 e. The number of piperidine rings is 1. The van der Waals surface area contributed by atoms with Crippen LogP contribution in [0.2, 0.25) is 0 Å². The topological polar surface area (TPSA) is 122 Å². The Kier molecular flexibility index (Phi) is 6.91. The molecule has 0 spiro atoms. The monoisotopic (exact) mass is 446 g/mol. The SMILES string of the molecule is C=CC(=O)Nc1cccc(CC(=O)NC2CCN(S(=O)(=O)c3c(C)noc3C)CC2)c1. The van der Waals surface area contributed by atoms with Gasteiger partial charge in [0, 0.05) is 24.8 Å². The van der Waals surface area contributed by atoms with E-state index in [4.69, 9.17) is 4.52 Å². The van der Waals surface area contributed by atoms with Crippen LogP contribution in [-0.4, -0.2) is 48.8 Å². The first kappa shape index (κ1) is 22.7. The summed E-state index contributed by atoms with van der Waals surface area (Å²) in [5.41, 5.74) is 1.70. The number of aryl methyl sites for hydroxylation is 2. The minimum atomic E-state index is -3.67. The lowest BCUT2D eigenvalue weighted by Crippen LogP contribution is -2.46. The molecule has 1 aromatic heterocycles. The summed E-state index contributed by atoms with van der Waals surface area (Å²) in [5, 5.41) is 9.37. The molecule has 3 rings (SSSR count). The Balaban J connectivity index is 1.54. The largest absolute Gasteiger partial charge is 0.360 e. The van der Waals surface area contributed by atoms with Crippen molar-refractivity contribution in [1.82, 2.24) is 14.8 Å². The maximum atomic E-state index is 12.9. The van der Waals surface area contributed by atoms with Gasteiger partial charge in [0.1, 0.15) is 10.6 Å². The molecule has 10 heteroatoms. The van der Waals surface area contributed by atoms with Crippen molar-refractivity contribution in [3.63, 3.8) is 0 Å². The number of amides is 2. The second-order valence-electron chi connectivity index (χ2n) is 7.47. The van der Waals surface area contributed by atoms with Crippen LogP contribution >= 0.6 is 0 Å². The van der Waals surface area contributed by atoms with Gasteiger partial charge in [0.25, 0.3) is 0 Å². The Labute approximate surface area is 181 Å². The van der Waals surface area contributed by atoms with Crippen LogP contribution in [0.4, 0.5) is 5.69 Å². The van der Waals surface area contributed by atoms with E-state index < -0.39 is 10.0 Å². The summed E-state index contributed by atoms with van der Waals surface area (Å²) < 4.78 is 32.2. The number of nitrogens with one attached hydrogen (secondary N) is 2. The highest BCUT2D eigenvalue weighted by Gasteiger charge is 2.34. The average molecular weight is 447 g/mol. The normalized spacial score (nSPS) is 15.4. The van der Waals surface area contributed by atoms with Crippen LogP contribution < -0.4 is 10.6 Å². The lowest BCUT2D eigenvalue weighted by molar-refractivity contribution is -0.121. The van der Waals surface area contributed by atoms with Gasteiger partial charge in [0.2, 0.25) is 21.8 Å². The lowest BCUT2D eigenvalue weighted by atomic mass is 10.1. The smallest absolute Gasteiger partial charge is 0.248 e. The fraction of sp³-hybridized carbons (Fsp3) is 0.381. The van der Waals surface area contributed by atoms with Crippen molar-refractivity contribution in [1.29, 1.82) is 0 Å². The number of benzene rings is 1. The van der Waals surface area contributed by atoms with Crippen molar-refractivity contribution >= 4 is 27.5 Å². The van der Waals surface area contributed by atoms with Crippen LogP contribution in [0, 0.1) is 13.8 Å². The summed E-state index contributed by atoms with van der Waals surface area (Å²) >= 11 is 0. The molecule has 0 bridgehead atoms. The summed E-state index contributed by atoms with van der Waals surface area (Å²) in [7, 11) is -3.67. The second kappa shape index (κ2) is 9.44. The van der Waals surface area contributed by atoms with Gasteiger partial charge >= 0.3 is 0 Å². The molecule has 9 nitrogen and oxygen atoms in total. The Morgan fingerprint density at radius 2 is 2.00 bits per heavy atom. The summed E-state index contributed by atoms with van der Waals surface area (Å²) in [5.74, 6) is -0.196. The number of carbonyl (C=O) groups is 2. The van der Waals surface area contributed by atoms with Crippen LogP contribution in [0.1, 0.15) is 29.9 Å². The second-order valence-corrected chi connectivity index (χ2v) is 9.34. The molecule has 2 aromatic rings. The van der Waals surface area contributed by atoms with E-state index >= 15 is 0 Å². The third kappa shape index (κ3) is 5.39. The van der Waals surface area contributed by atoms with Crippen molar-refractivity contribution in [2.75, 3.05) is 18.4 Å². The standard InChI is InChI=1S/C21H26N4O5S/c1-4-19(26)23-18-7-5-6-16(12-18)13-20(27)22-17-8-10-25(11-9-17)31(28,29)21-14(2)24-30-15(21)3/h4-7,12,17H,1,8-11,13H2,2-3H3,(H,22,27)(H,23,26). The number of sulfonamides is 1. The number of aromatic nitrogens is 1. The first-order chi connectivity index (χ1) is 14.7. The first-order valence-electron chi connectivity index (χ1n) is 9.95. The molecule has 1 aromatic carbocycles. The van der Waals surface area contributed by atoms with E-state index in [-0.39, 0.29) is 34.9 Å². The van der Waals surface area contributed by atoms with Gasteiger partial charge in [0.05, 0.1) is 6.42 Å². The number of nitrogens with zero attached hydrogens (tertiary/aromatic N) is 2. The quantitative estimate of drug-likeness (QED) is 0.627. The summed E-state index contributed by atoms with van der Waals surface area (Å²) in [6, 6.07) is 6.94. The fourth-order valence-corrected chi connectivity index (χ4v) is 5.39. The van der Waals surface area contributed by atoms with Gasteiger partial charge in [-0.1, -0.05) is 23.9 Å². The maximum absolute atomic E-state index is 12.9. The molecular weight excluding hydrogens is 420 g/mol. The summed E-state index contributed by atoms with van der Waals surface area (Å²) in [6.07, 6.45) is 2.38. The Morgan fingerprint density at radius 1 is 1.29 bits per heavy atom. The van der Waals surface area contributed by atoms with Crippen LogP contribution in [0.25, 0.3) is 0 Å². The molecule has 0 aliphatic carbocycles. The number of rotatable bonds is 7. The average Bonchev–Trinajstić information content (AvgIpc) is 3.07. The first-order valence-corrected chi connectivity index (χ1v) is 11.4. The van der Waals surface area contributed by atoms with E-state index in [9.17, 15) is 18.0 Å². The molecule has 1 saturated heterocycles. The highest BCUT2D eigenvalue weighted by atomic mass is 32.2. The van der Waals surface area contributed by atoms with Gasteiger partial charge in [-0.15, -0.1) is 0 Å². The molecule has 0 unspecified atom stereocenters. The molecule has 166 valence electrons. The van der Waals surface area contributed by atoms with Gasteiger partial charge < -0.3 is 15.2 Å². The molecule has 31 heavy (non-hydrogen) atoms. The van der Waals surface area contributed by atoms with E-state index in [1.165, 1.54) is 10.4 Å². The third-order valence-electron chi connectivity index (χ3n) is 5.13. The number of hydrogen-bond donors (Lipinski definition) is 2. The predicted molar refractivity (Wildman–Crippen MR) is 115 cm³/mol.